The number of carbonyl (C=O) groups is 1. The molecule has 158 valence electrons. The van der Waals surface area contributed by atoms with Crippen LogP contribution in [-0.2, 0) is 11.2 Å². The number of anilines is 1. The number of nitrogens with one attached hydrogen (secondary N) is 1. The van der Waals surface area contributed by atoms with Gasteiger partial charge in [0.2, 0.25) is 0 Å². The molecule has 0 saturated heterocycles. The van der Waals surface area contributed by atoms with Gasteiger partial charge < -0.3 is 14.6 Å². The largest absolute Gasteiger partial charge is 0.494 e. The number of nitrogens with zero attached hydrogens (tertiary/aromatic N) is 2. The summed E-state index contributed by atoms with van der Waals surface area (Å²) < 4.78 is 7.64. The number of para-hydroxylation sites is 1. The van der Waals surface area contributed by atoms with E-state index >= 15 is 0 Å². The van der Waals surface area contributed by atoms with Crippen LogP contribution in [-0.4, -0.2) is 17.1 Å². The van der Waals surface area contributed by atoms with E-state index in [9.17, 15) is 10.1 Å². The highest BCUT2D eigenvalue weighted by molar-refractivity contribution is 6.09. The van der Waals surface area contributed by atoms with Gasteiger partial charge in [0, 0.05) is 28.8 Å². The molecule has 0 radical (unpaired) electrons. The normalized spacial score (nSPS) is 11.1. The Hall–Kier alpha value is -3.78. The van der Waals surface area contributed by atoms with Gasteiger partial charge in [0.15, 0.2) is 0 Å². The van der Waals surface area contributed by atoms with Crippen molar-refractivity contribution in [2.75, 3.05) is 11.9 Å². The second kappa shape index (κ2) is 9.82. The van der Waals surface area contributed by atoms with Gasteiger partial charge >= 0.3 is 0 Å². The molecule has 0 aliphatic rings. The number of ether oxygens (including phenoxy) is 1. The Morgan fingerprint density at radius 2 is 1.90 bits per heavy atom. The molecule has 0 saturated carbocycles. The van der Waals surface area contributed by atoms with Gasteiger partial charge in [0.25, 0.3) is 5.91 Å². The molecule has 1 N–H and O–H groups in total. The molecule has 0 aliphatic carbocycles. The third kappa shape index (κ3) is 4.87. The minimum atomic E-state index is -0.449. The van der Waals surface area contributed by atoms with Crippen LogP contribution < -0.4 is 10.1 Å². The van der Waals surface area contributed by atoms with Crippen molar-refractivity contribution >= 4 is 17.7 Å². The number of hydrogen-bond acceptors (Lipinski definition) is 3. The van der Waals surface area contributed by atoms with Gasteiger partial charge in [-0.15, -0.1) is 0 Å². The summed E-state index contributed by atoms with van der Waals surface area (Å²) in [4.78, 5) is 12.7. The molecule has 3 rings (SSSR count). The first-order valence-corrected chi connectivity index (χ1v) is 10.4. The molecule has 0 spiro atoms. The van der Waals surface area contributed by atoms with Crippen molar-refractivity contribution in [2.24, 2.45) is 0 Å². The van der Waals surface area contributed by atoms with Crippen LogP contribution >= 0.6 is 0 Å². The van der Waals surface area contributed by atoms with Crippen LogP contribution in [0.15, 0.2) is 60.2 Å². The molecule has 31 heavy (non-hydrogen) atoms. The molecule has 0 unspecified atom stereocenters. The lowest BCUT2D eigenvalue weighted by atomic mass is 10.1. The summed E-state index contributed by atoms with van der Waals surface area (Å²) in [5.41, 5.74) is 5.87. The van der Waals surface area contributed by atoms with Gasteiger partial charge in [-0.2, -0.15) is 5.26 Å². The molecule has 1 aromatic heterocycles. The summed E-state index contributed by atoms with van der Waals surface area (Å²) in [7, 11) is 0. The van der Waals surface area contributed by atoms with Crippen molar-refractivity contribution in [3.05, 3.63) is 82.7 Å². The van der Waals surface area contributed by atoms with Gasteiger partial charge in [-0.05, 0) is 68.7 Å². The Kier molecular flexibility index (Phi) is 6.94. The molecule has 0 bridgehead atoms. The highest BCUT2D eigenvalue weighted by Gasteiger charge is 2.15. The first-order valence-electron chi connectivity index (χ1n) is 10.4. The molecule has 3 aromatic rings. The van der Waals surface area contributed by atoms with E-state index in [1.165, 1.54) is 5.56 Å². The topological polar surface area (TPSA) is 67.0 Å². The summed E-state index contributed by atoms with van der Waals surface area (Å²) >= 11 is 0. The van der Waals surface area contributed by atoms with Crippen molar-refractivity contribution in [1.29, 1.82) is 5.26 Å². The molecular formula is C26H27N3O2. The molecule has 1 amide bonds. The number of hydrogen-bond donors (Lipinski definition) is 1. The fourth-order valence-electron chi connectivity index (χ4n) is 3.67. The predicted molar refractivity (Wildman–Crippen MR) is 124 cm³/mol. The van der Waals surface area contributed by atoms with E-state index in [1.54, 1.807) is 24.3 Å². The van der Waals surface area contributed by atoms with Crippen molar-refractivity contribution in [1.82, 2.24) is 4.57 Å². The SMILES string of the molecule is CCOc1cccc(NC(=O)/C(C#N)=C\c2cc(C)n(-c3ccccc3CC)c2C)c1. The third-order valence-corrected chi connectivity index (χ3v) is 5.15. The lowest BCUT2D eigenvalue weighted by Crippen LogP contribution is -2.13. The molecule has 0 aliphatic heterocycles. The Labute approximate surface area is 183 Å². The predicted octanol–water partition coefficient (Wildman–Crippen LogP) is 5.60. The zero-order valence-electron chi connectivity index (χ0n) is 18.4. The maximum absolute atomic E-state index is 12.7. The van der Waals surface area contributed by atoms with Crippen molar-refractivity contribution in [3.8, 4) is 17.5 Å². The summed E-state index contributed by atoms with van der Waals surface area (Å²) in [5.74, 6) is 0.218. The Morgan fingerprint density at radius 1 is 1.13 bits per heavy atom. The molecule has 5 heteroatoms. The van der Waals surface area contributed by atoms with E-state index in [-0.39, 0.29) is 5.57 Å². The van der Waals surface area contributed by atoms with Crippen LogP contribution in [0.5, 0.6) is 5.75 Å². The smallest absolute Gasteiger partial charge is 0.266 e. The zero-order chi connectivity index (χ0) is 22.4. The Bertz CT molecular complexity index is 1170. The summed E-state index contributed by atoms with van der Waals surface area (Å²) in [6, 6.07) is 19.4. The number of aryl methyl sites for hydroxylation is 2. The van der Waals surface area contributed by atoms with Gasteiger partial charge in [-0.25, -0.2) is 0 Å². The monoisotopic (exact) mass is 413 g/mol. The number of benzene rings is 2. The van der Waals surface area contributed by atoms with Gasteiger partial charge in [0.1, 0.15) is 17.4 Å². The Balaban J connectivity index is 1.92. The summed E-state index contributed by atoms with van der Waals surface area (Å²) in [6.07, 6.45) is 2.57. The second-order valence-electron chi connectivity index (χ2n) is 7.23. The second-order valence-corrected chi connectivity index (χ2v) is 7.23. The average molecular weight is 414 g/mol. The van der Waals surface area contributed by atoms with Crippen molar-refractivity contribution < 1.29 is 9.53 Å². The van der Waals surface area contributed by atoms with Gasteiger partial charge in [0.05, 0.1) is 6.61 Å². The molecule has 0 atom stereocenters. The fraction of sp³-hybridized carbons (Fsp3) is 0.231. The van der Waals surface area contributed by atoms with Gasteiger partial charge in [-0.3, -0.25) is 4.79 Å². The van der Waals surface area contributed by atoms with Crippen LogP contribution in [0.2, 0.25) is 0 Å². The highest BCUT2D eigenvalue weighted by atomic mass is 16.5. The zero-order valence-corrected chi connectivity index (χ0v) is 18.4. The number of aromatic nitrogens is 1. The van der Waals surface area contributed by atoms with E-state index in [0.29, 0.717) is 18.0 Å². The van der Waals surface area contributed by atoms with Crippen molar-refractivity contribution in [3.63, 3.8) is 0 Å². The van der Waals surface area contributed by atoms with E-state index in [4.69, 9.17) is 4.74 Å². The maximum atomic E-state index is 12.7. The third-order valence-electron chi connectivity index (χ3n) is 5.15. The fourth-order valence-corrected chi connectivity index (χ4v) is 3.67. The van der Waals surface area contributed by atoms with Crippen LogP contribution in [0.1, 0.15) is 36.4 Å². The molecule has 1 heterocycles. The van der Waals surface area contributed by atoms with E-state index in [2.05, 4.69) is 28.9 Å². The minimum Gasteiger partial charge on any atom is -0.494 e. The molecule has 2 aromatic carbocycles. The lowest BCUT2D eigenvalue weighted by molar-refractivity contribution is -0.112. The van der Waals surface area contributed by atoms with E-state index in [0.717, 1.165) is 29.1 Å². The Morgan fingerprint density at radius 3 is 2.61 bits per heavy atom. The molecule has 5 nitrogen and oxygen atoms in total. The van der Waals surface area contributed by atoms with Crippen LogP contribution in [0.3, 0.4) is 0 Å². The van der Waals surface area contributed by atoms with Crippen molar-refractivity contribution in [2.45, 2.75) is 34.1 Å². The first-order chi connectivity index (χ1) is 15.0. The first kappa shape index (κ1) is 21.9. The highest BCUT2D eigenvalue weighted by Crippen LogP contribution is 2.26. The minimum absolute atomic E-state index is 0.0471. The number of carbonyl (C=O) groups excluding carboxylic acids is 1. The van der Waals surface area contributed by atoms with E-state index in [1.807, 2.05) is 51.1 Å². The summed E-state index contributed by atoms with van der Waals surface area (Å²) in [5, 5.41) is 12.4. The number of rotatable bonds is 7. The summed E-state index contributed by atoms with van der Waals surface area (Å²) in [6.45, 7) is 8.60. The molecular weight excluding hydrogens is 386 g/mol. The quantitative estimate of drug-likeness (QED) is 0.405. The lowest BCUT2D eigenvalue weighted by Gasteiger charge is -2.14. The maximum Gasteiger partial charge on any atom is 0.266 e. The van der Waals surface area contributed by atoms with Crippen LogP contribution in [0.25, 0.3) is 11.8 Å². The van der Waals surface area contributed by atoms with E-state index < -0.39 is 5.91 Å². The average Bonchev–Trinajstić information content (AvgIpc) is 3.05. The van der Waals surface area contributed by atoms with Crippen LogP contribution in [0, 0.1) is 25.2 Å². The number of amides is 1. The number of nitriles is 1. The molecule has 0 fully saturated rings. The van der Waals surface area contributed by atoms with Gasteiger partial charge in [-0.1, -0.05) is 31.2 Å². The van der Waals surface area contributed by atoms with Crippen LogP contribution in [0.4, 0.5) is 5.69 Å². The standard InChI is InChI=1S/C26H27N3O2/c1-5-20-10-7-8-13-25(20)29-18(3)14-21(19(29)4)15-22(17-27)26(30)28-23-11-9-12-24(16-23)31-6-2/h7-16H,5-6H2,1-4H3,(H,28,30)/b22-15-.